The van der Waals surface area contributed by atoms with Gasteiger partial charge in [-0.1, -0.05) is 17.7 Å². The van der Waals surface area contributed by atoms with Crippen LogP contribution >= 0.6 is 11.6 Å². The van der Waals surface area contributed by atoms with Crippen molar-refractivity contribution in [3.63, 3.8) is 0 Å². The normalized spacial score (nSPS) is 11.3. The number of nitrogens with one attached hydrogen (secondary N) is 2. The van der Waals surface area contributed by atoms with Gasteiger partial charge < -0.3 is 5.32 Å². The highest BCUT2D eigenvalue weighted by atomic mass is 35.5. The van der Waals surface area contributed by atoms with Crippen LogP contribution in [0.4, 0.5) is 10.1 Å². The molecule has 0 aromatic heterocycles. The van der Waals surface area contributed by atoms with Gasteiger partial charge in [-0.15, -0.1) is 0 Å². The number of benzene rings is 2. The van der Waals surface area contributed by atoms with Crippen LogP contribution in [0.1, 0.15) is 15.9 Å². The van der Waals surface area contributed by atoms with E-state index >= 15 is 0 Å². The molecule has 0 unspecified atom stereocenters. The molecule has 1 amide bonds. The van der Waals surface area contributed by atoms with Crippen molar-refractivity contribution < 1.29 is 17.6 Å². The van der Waals surface area contributed by atoms with Crippen LogP contribution in [0.25, 0.3) is 0 Å². The average Bonchev–Trinajstić information content (AvgIpc) is 2.51. The van der Waals surface area contributed by atoms with Crippen LogP contribution in [0, 0.1) is 12.7 Å². The van der Waals surface area contributed by atoms with Gasteiger partial charge in [0.15, 0.2) is 0 Å². The van der Waals surface area contributed by atoms with Crippen molar-refractivity contribution in [2.45, 2.75) is 11.8 Å². The summed E-state index contributed by atoms with van der Waals surface area (Å²) in [6.45, 7) is 1.72. The Balaban J connectivity index is 2.37. The molecule has 0 fully saturated rings. The molecule has 2 aromatic rings. The smallest absolute Gasteiger partial charge is 0.255 e. The molecule has 5 nitrogen and oxygen atoms in total. The van der Waals surface area contributed by atoms with Crippen LogP contribution in [-0.2, 0) is 10.0 Å². The SMILES string of the molecule is CNS(=O)(=O)c1cc(C(=O)Nc2cc(F)ccc2C)ccc1Cl. The lowest BCUT2D eigenvalue weighted by molar-refractivity contribution is 0.102. The van der Waals surface area contributed by atoms with Crippen LogP contribution in [-0.4, -0.2) is 21.4 Å². The molecule has 8 heteroatoms. The maximum absolute atomic E-state index is 13.3. The van der Waals surface area contributed by atoms with Gasteiger partial charge in [-0.25, -0.2) is 17.5 Å². The Morgan fingerprint density at radius 2 is 1.87 bits per heavy atom. The minimum Gasteiger partial charge on any atom is -0.322 e. The van der Waals surface area contributed by atoms with Gasteiger partial charge in [-0.2, -0.15) is 0 Å². The average molecular weight is 357 g/mol. The Morgan fingerprint density at radius 1 is 1.17 bits per heavy atom. The fourth-order valence-corrected chi connectivity index (χ4v) is 3.13. The first-order chi connectivity index (χ1) is 10.7. The summed E-state index contributed by atoms with van der Waals surface area (Å²) in [6, 6.07) is 7.88. The van der Waals surface area contributed by atoms with Gasteiger partial charge in [-0.3, -0.25) is 4.79 Å². The molecule has 2 aromatic carbocycles. The fraction of sp³-hybridized carbons (Fsp3) is 0.133. The standard InChI is InChI=1S/C15H14ClFN2O3S/c1-9-3-5-11(17)8-13(9)19-15(20)10-4-6-12(16)14(7-10)23(21,22)18-2/h3-8,18H,1-2H3,(H,19,20). The highest BCUT2D eigenvalue weighted by Gasteiger charge is 2.19. The summed E-state index contributed by atoms with van der Waals surface area (Å²) in [5.41, 5.74) is 1.08. The van der Waals surface area contributed by atoms with Crippen molar-refractivity contribution in [3.8, 4) is 0 Å². The van der Waals surface area contributed by atoms with Gasteiger partial charge in [0.25, 0.3) is 5.91 Å². The molecule has 23 heavy (non-hydrogen) atoms. The highest BCUT2D eigenvalue weighted by Crippen LogP contribution is 2.23. The van der Waals surface area contributed by atoms with Crippen molar-refractivity contribution in [2.75, 3.05) is 12.4 Å². The van der Waals surface area contributed by atoms with Gasteiger partial charge in [-0.05, 0) is 49.9 Å². The number of halogens is 2. The summed E-state index contributed by atoms with van der Waals surface area (Å²) in [7, 11) is -2.55. The zero-order valence-corrected chi connectivity index (χ0v) is 13.9. The second kappa shape index (κ2) is 6.66. The minimum absolute atomic E-state index is 0.00200. The summed E-state index contributed by atoms with van der Waals surface area (Å²) in [4.78, 5) is 12.1. The number of anilines is 1. The van der Waals surface area contributed by atoms with E-state index in [4.69, 9.17) is 11.6 Å². The number of hydrogen-bond acceptors (Lipinski definition) is 3. The summed E-state index contributed by atoms with van der Waals surface area (Å²) in [5, 5.41) is 2.54. The summed E-state index contributed by atoms with van der Waals surface area (Å²) in [5.74, 6) is -1.05. The third-order valence-corrected chi connectivity index (χ3v) is 5.10. The molecule has 0 saturated carbocycles. The van der Waals surface area contributed by atoms with E-state index in [2.05, 4.69) is 10.0 Å². The van der Waals surface area contributed by atoms with Crippen molar-refractivity contribution >= 4 is 33.2 Å². The van der Waals surface area contributed by atoms with Crippen molar-refractivity contribution in [1.82, 2.24) is 4.72 Å². The molecule has 0 heterocycles. The molecule has 0 saturated heterocycles. The Morgan fingerprint density at radius 3 is 2.52 bits per heavy atom. The van der Waals surface area contributed by atoms with Gasteiger partial charge >= 0.3 is 0 Å². The zero-order chi connectivity index (χ0) is 17.2. The van der Waals surface area contributed by atoms with Gasteiger partial charge in [0.1, 0.15) is 10.7 Å². The Hall–Kier alpha value is -1.96. The predicted octanol–water partition coefficient (Wildman–Crippen LogP) is 2.95. The third-order valence-electron chi connectivity index (χ3n) is 3.20. The van der Waals surface area contributed by atoms with E-state index in [9.17, 15) is 17.6 Å². The summed E-state index contributed by atoms with van der Waals surface area (Å²) in [6.07, 6.45) is 0. The van der Waals surface area contributed by atoms with E-state index in [1.165, 1.54) is 37.4 Å². The maximum atomic E-state index is 13.3. The van der Waals surface area contributed by atoms with Crippen molar-refractivity contribution in [3.05, 3.63) is 58.4 Å². The molecular weight excluding hydrogens is 343 g/mol. The van der Waals surface area contributed by atoms with Crippen LogP contribution in [0.3, 0.4) is 0 Å². The number of carbonyl (C=O) groups excluding carboxylic acids is 1. The highest BCUT2D eigenvalue weighted by molar-refractivity contribution is 7.89. The molecule has 0 aliphatic heterocycles. The fourth-order valence-electron chi connectivity index (χ4n) is 1.88. The number of rotatable bonds is 4. The predicted molar refractivity (Wildman–Crippen MR) is 86.8 cm³/mol. The first-order valence-electron chi connectivity index (χ1n) is 6.55. The summed E-state index contributed by atoms with van der Waals surface area (Å²) >= 11 is 5.87. The van der Waals surface area contributed by atoms with Crippen LogP contribution in [0.2, 0.25) is 5.02 Å². The Bertz CT molecular complexity index is 869. The largest absolute Gasteiger partial charge is 0.322 e. The molecule has 0 spiro atoms. The molecule has 122 valence electrons. The molecule has 0 aliphatic rings. The van der Waals surface area contributed by atoms with Crippen LogP contribution in [0.15, 0.2) is 41.3 Å². The molecule has 2 rings (SSSR count). The first-order valence-corrected chi connectivity index (χ1v) is 8.41. The molecular formula is C15H14ClFN2O3S. The van der Waals surface area contributed by atoms with E-state index in [1.54, 1.807) is 6.92 Å². The lowest BCUT2D eigenvalue weighted by Crippen LogP contribution is -2.20. The lowest BCUT2D eigenvalue weighted by Gasteiger charge is -2.10. The quantitative estimate of drug-likeness (QED) is 0.884. The maximum Gasteiger partial charge on any atom is 0.255 e. The van der Waals surface area contributed by atoms with Gasteiger partial charge in [0.05, 0.1) is 5.02 Å². The lowest BCUT2D eigenvalue weighted by atomic mass is 10.1. The van der Waals surface area contributed by atoms with E-state index in [1.807, 2.05) is 0 Å². The van der Waals surface area contributed by atoms with Crippen LogP contribution < -0.4 is 10.0 Å². The molecule has 0 radical (unpaired) electrons. The molecule has 0 atom stereocenters. The van der Waals surface area contributed by atoms with E-state index in [-0.39, 0.29) is 15.5 Å². The topological polar surface area (TPSA) is 75.3 Å². The zero-order valence-electron chi connectivity index (χ0n) is 12.4. The van der Waals surface area contributed by atoms with E-state index < -0.39 is 21.7 Å². The second-order valence-electron chi connectivity index (χ2n) is 4.77. The molecule has 2 N–H and O–H groups in total. The summed E-state index contributed by atoms with van der Waals surface area (Å²) < 4.78 is 39.2. The Labute approximate surface area is 138 Å². The molecule has 0 aliphatic carbocycles. The van der Waals surface area contributed by atoms with Gasteiger partial charge in [0.2, 0.25) is 10.0 Å². The number of sulfonamides is 1. The third kappa shape index (κ3) is 3.87. The number of amides is 1. The first kappa shape index (κ1) is 17.4. The monoisotopic (exact) mass is 356 g/mol. The Kier molecular flexibility index (Phi) is 5.03. The second-order valence-corrected chi connectivity index (χ2v) is 7.03. The molecule has 0 bridgehead atoms. The number of aryl methyl sites for hydroxylation is 1. The minimum atomic E-state index is -3.79. The van der Waals surface area contributed by atoms with Crippen LogP contribution in [0.5, 0.6) is 0 Å². The van der Waals surface area contributed by atoms with Gasteiger partial charge in [0, 0.05) is 11.3 Å². The van der Waals surface area contributed by atoms with Crippen molar-refractivity contribution in [2.24, 2.45) is 0 Å². The van der Waals surface area contributed by atoms with E-state index in [0.29, 0.717) is 11.3 Å². The van der Waals surface area contributed by atoms with Crippen molar-refractivity contribution in [1.29, 1.82) is 0 Å². The number of hydrogen-bond donors (Lipinski definition) is 2. The number of carbonyl (C=O) groups is 1. The van der Waals surface area contributed by atoms with E-state index in [0.717, 1.165) is 6.07 Å².